The van der Waals surface area contributed by atoms with E-state index in [0.29, 0.717) is 0 Å². The Morgan fingerprint density at radius 1 is 0.343 bits per heavy atom. The van der Waals surface area contributed by atoms with Crippen LogP contribution in [0.5, 0.6) is 0 Å². The van der Waals surface area contributed by atoms with Gasteiger partial charge in [-0.05, 0) is 153 Å². The Labute approximate surface area is 611 Å². The van der Waals surface area contributed by atoms with Crippen LogP contribution in [0.15, 0.2) is 196 Å². The second-order valence-corrected chi connectivity index (χ2v) is 17.6. The first-order chi connectivity index (χ1) is 48.0. The molecule has 0 N–H and O–H groups in total. The van der Waals surface area contributed by atoms with E-state index in [2.05, 4.69) is 77.0 Å². The van der Waals surface area contributed by atoms with Crippen LogP contribution in [0.1, 0.15) is 216 Å². The van der Waals surface area contributed by atoms with Gasteiger partial charge in [-0.2, -0.15) is 15.3 Å². The molecule has 99 heavy (non-hydrogen) atoms. The fourth-order valence-corrected chi connectivity index (χ4v) is 5.41. The minimum absolute atomic E-state index is 0.822. The normalized spacial score (nSPS) is 8.42. The van der Waals surface area contributed by atoms with Crippen LogP contribution < -0.4 is 0 Å². The average Bonchev–Trinajstić information content (AvgIpc) is 2.76. The summed E-state index contributed by atoms with van der Waals surface area (Å²) in [7, 11) is 5.75. The van der Waals surface area contributed by atoms with Crippen LogP contribution >= 0.6 is 11.8 Å². The van der Waals surface area contributed by atoms with Crippen molar-refractivity contribution in [2.75, 3.05) is 12.4 Å². The van der Waals surface area contributed by atoms with Gasteiger partial charge in [0, 0.05) is 148 Å². The molecule has 0 aliphatic carbocycles. The molecule has 0 fully saturated rings. The predicted octanol–water partition coefficient (Wildman–Crippen LogP) is 22.4. The Hall–Kier alpha value is -8.71. The highest BCUT2D eigenvalue weighted by Crippen LogP contribution is 2.17. The van der Waals surface area contributed by atoms with E-state index in [-0.39, 0.29) is 0 Å². The molecule has 0 aromatic carbocycles. The lowest BCUT2D eigenvalue weighted by Gasteiger charge is -2.07. The summed E-state index contributed by atoms with van der Waals surface area (Å²) in [6.07, 6.45) is 35.1. The first kappa shape index (κ1) is 115. The fraction of sp³-hybridized carbons (Fsp3) is 0.475. The summed E-state index contributed by atoms with van der Waals surface area (Å²) in [4.78, 5) is 43.6. The molecule has 1 aliphatic heterocycles. The van der Waals surface area contributed by atoms with Gasteiger partial charge < -0.3 is 4.74 Å². The van der Waals surface area contributed by atoms with E-state index in [1.54, 1.807) is 96.0 Å². The van der Waals surface area contributed by atoms with Crippen molar-refractivity contribution in [2.24, 2.45) is 21.1 Å². The van der Waals surface area contributed by atoms with Crippen LogP contribution in [0, 0.1) is 69.2 Å². The van der Waals surface area contributed by atoms with E-state index in [0.717, 1.165) is 46.5 Å². The summed E-state index contributed by atoms with van der Waals surface area (Å²) in [6, 6.07) is 21.4. The van der Waals surface area contributed by atoms with Gasteiger partial charge in [-0.3, -0.25) is 39.0 Å². The quantitative estimate of drug-likeness (QED) is 0.138. The topological polar surface area (TPSA) is 204 Å². The Morgan fingerprint density at radius 2 is 0.859 bits per heavy atom. The van der Waals surface area contributed by atoms with Gasteiger partial charge in [0.05, 0.1) is 30.5 Å². The van der Waals surface area contributed by atoms with Gasteiger partial charge in [-0.15, -0.1) is 11.8 Å². The second kappa shape index (κ2) is 103. The van der Waals surface area contributed by atoms with Gasteiger partial charge in [0.25, 0.3) is 0 Å². The predicted molar refractivity (Wildman–Crippen MR) is 435 cm³/mol. The zero-order valence-corrected chi connectivity index (χ0v) is 70.0. The van der Waals surface area contributed by atoms with Crippen molar-refractivity contribution in [3.8, 4) is 0 Å². The molecular weight excluding hydrogens is 1250 g/mol. The van der Waals surface area contributed by atoms with Crippen LogP contribution in [0.2, 0.25) is 0 Å². The summed E-state index contributed by atoms with van der Waals surface area (Å²) in [6.45, 7) is 66.6. The minimum atomic E-state index is 0.822. The number of ether oxygens (including phenoxy) is 1. The first-order valence-electron chi connectivity index (χ1n) is 35.3. The number of aryl methyl sites for hydroxylation is 13. The van der Waals surface area contributed by atoms with Gasteiger partial charge in [0.2, 0.25) is 0 Å². The van der Waals surface area contributed by atoms with Gasteiger partial charge in [-0.1, -0.05) is 164 Å². The van der Waals surface area contributed by atoms with Gasteiger partial charge in [-0.25, -0.2) is 29.9 Å². The van der Waals surface area contributed by atoms with Crippen molar-refractivity contribution < 1.29 is 4.74 Å². The number of rotatable bonds is 0. The number of hydrogen-bond acceptors (Lipinski definition) is 16. The molecule has 0 radical (unpaired) electrons. The number of aromatic nitrogens is 17. The first-order valence-corrected chi connectivity index (χ1v) is 36.3. The Morgan fingerprint density at radius 3 is 1.05 bits per heavy atom. The summed E-state index contributed by atoms with van der Waals surface area (Å²) < 4.78 is 10.4. The number of thioether (sulfide) groups is 1. The van der Waals surface area contributed by atoms with Gasteiger partial charge >= 0.3 is 0 Å². The molecule has 18 nitrogen and oxygen atoms in total. The standard InChI is InChI=1S/3C6H7N.C5H8N2.C5H6N2.2C5H8N2.3C5H6N2.C5H8OS.11C2H6/c1-6-2-4-7-5-3-6;1-6-3-2-4-7-5-6;1-6-4-2-3-5-7-6;1-5-3-6-7(2)4-5;1-5-2-6-4-7-3-5;1-5-3-4-7(2)6-5;1-5-3-4-6-7(5)2;1-5-4-6-2-3-7-5;1-5-2-3-6-4-7-5;1-5-6-3-2-4-7-5;1-5-4-6-2-3-7-5;11*1-2/h3*2-5H,1H3;3-4H,1-2H3;2-4H,1H3;2*3-4H,1-2H3;3*2-4H,1H3;4H,2-3H2,1H3;11*1-2H3. The van der Waals surface area contributed by atoms with Crippen LogP contribution in [0.4, 0.5) is 0 Å². The van der Waals surface area contributed by atoms with Gasteiger partial charge in [0.1, 0.15) is 18.5 Å². The van der Waals surface area contributed by atoms with E-state index in [1.807, 2.05) is 351 Å². The molecule has 19 heteroatoms. The number of pyridine rings is 3. The molecule has 0 saturated carbocycles. The molecule has 0 amide bonds. The third-order valence-corrected chi connectivity index (χ3v) is 9.73. The number of allylic oxidation sites excluding steroid dienone is 1. The molecule has 10 aromatic rings. The SMILES string of the molecule is CC.CC.CC.CC.CC.CC.CC.CC.CC.CC.CC.CC1=COCCS1.Cc1ccccn1.Cc1cccnc1.Cc1ccn(C)n1.Cc1ccncc1.Cc1ccncn1.Cc1ccnn1C.Cc1cnccn1.Cc1cncnc1.Cc1cnn(C)c1.Cc1ncccn1. The molecular formula is C80H143N17OS. The maximum atomic E-state index is 5.00. The minimum Gasteiger partial charge on any atom is -0.500 e. The van der Waals surface area contributed by atoms with Crippen molar-refractivity contribution in [1.29, 1.82) is 0 Å². The van der Waals surface area contributed by atoms with E-state index < -0.39 is 0 Å². The molecule has 560 valence electrons. The molecule has 1 aliphatic rings. The zero-order chi connectivity index (χ0) is 78.7. The molecule has 0 saturated heterocycles. The maximum Gasteiger partial charge on any atom is 0.125 e. The van der Waals surface area contributed by atoms with Crippen LogP contribution in [-0.2, 0) is 25.9 Å². The van der Waals surface area contributed by atoms with Crippen LogP contribution in [0.3, 0.4) is 0 Å². The third-order valence-electron chi connectivity index (χ3n) is 8.80. The highest BCUT2D eigenvalue weighted by molar-refractivity contribution is 8.03. The van der Waals surface area contributed by atoms with Crippen molar-refractivity contribution in [1.82, 2.24) is 84.2 Å². The number of hydrogen-bond donors (Lipinski definition) is 0. The van der Waals surface area contributed by atoms with Crippen molar-refractivity contribution in [3.05, 3.63) is 252 Å². The summed E-state index contributed by atoms with van der Waals surface area (Å²) in [5, 5.41) is 11.9. The summed E-state index contributed by atoms with van der Waals surface area (Å²) in [5.74, 6) is 1.94. The molecule has 0 spiro atoms. The Balaban J connectivity index is -0.0000000929. The van der Waals surface area contributed by atoms with E-state index in [4.69, 9.17) is 4.74 Å². The molecule has 0 atom stereocenters. The van der Waals surface area contributed by atoms with E-state index >= 15 is 0 Å². The molecule has 0 unspecified atom stereocenters. The average molecular weight is 1390 g/mol. The molecule has 11 heterocycles. The van der Waals surface area contributed by atoms with Crippen molar-refractivity contribution in [3.63, 3.8) is 0 Å². The second-order valence-electron chi connectivity index (χ2n) is 16.3. The van der Waals surface area contributed by atoms with E-state index in [1.165, 1.54) is 39.9 Å². The van der Waals surface area contributed by atoms with Gasteiger partial charge in [0.15, 0.2) is 0 Å². The lowest BCUT2D eigenvalue weighted by molar-refractivity contribution is 0.268. The van der Waals surface area contributed by atoms with Crippen LogP contribution in [0.25, 0.3) is 0 Å². The lowest BCUT2D eigenvalue weighted by atomic mass is 10.3. The van der Waals surface area contributed by atoms with Crippen molar-refractivity contribution in [2.45, 2.75) is 228 Å². The maximum absolute atomic E-state index is 5.00. The number of nitrogens with zero attached hydrogens (tertiary/aromatic N) is 17. The highest BCUT2D eigenvalue weighted by Gasteiger charge is 1.96. The van der Waals surface area contributed by atoms with Crippen molar-refractivity contribution >= 4 is 11.8 Å². The Bertz CT molecular complexity index is 2450. The molecule has 10 aromatic heterocycles. The summed E-state index contributed by atoms with van der Waals surface area (Å²) in [5.41, 5.74) is 10.1. The largest absolute Gasteiger partial charge is 0.500 e. The lowest BCUT2D eigenvalue weighted by Crippen LogP contribution is -1.96. The van der Waals surface area contributed by atoms with E-state index in [9.17, 15) is 0 Å². The third kappa shape index (κ3) is 98.1. The smallest absolute Gasteiger partial charge is 0.125 e. The highest BCUT2D eigenvalue weighted by atomic mass is 32.2. The van der Waals surface area contributed by atoms with Crippen LogP contribution in [-0.4, -0.2) is 96.5 Å². The summed E-state index contributed by atoms with van der Waals surface area (Å²) >= 11 is 1.85. The zero-order valence-electron chi connectivity index (χ0n) is 69.2. The molecule has 11 rings (SSSR count). The molecule has 0 bridgehead atoms. The monoisotopic (exact) mass is 1390 g/mol. The fourth-order valence-electron chi connectivity index (χ4n) is 4.78. The Kier molecular flexibility index (Phi) is 119.